The van der Waals surface area contributed by atoms with E-state index in [-0.39, 0.29) is 18.1 Å². The van der Waals surface area contributed by atoms with Crippen LogP contribution in [0, 0.1) is 0 Å². The van der Waals surface area contributed by atoms with Gasteiger partial charge < -0.3 is 19.7 Å². The average molecular weight is 342 g/mol. The summed E-state index contributed by atoms with van der Waals surface area (Å²) in [6, 6.07) is 12.4. The zero-order valence-electron chi connectivity index (χ0n) is 13.6. The molecule has 0 aromatic heterocycles. The number of hydrogen-bond acceptors (Lipinski definition) is 6. The Hall–Kier alpha value is -3.28. The van der Waals surface area contributed by atoms with E-state index in [4.69, 9.17) is 9.47 Å². The fourth-order valence-electron chi connectivity index (χ4n) is 2.01. The average Bonchev–Trinajstić information content (AvgIpc) is 2.59. The molecule has 1 atom stereocenters. The highest BCUT2D eigenvalue weighted by atomic mass is 16.6. The third kappa shape index (κ3) is 6.02. The van der Waals surface area contributed by atoms with Crippen molar-refractivity contribution in [2.75, 3.05) is 6.61 Å². The quantitative estimate of drug-likeness (QED) is 0.619. The smallest absolute Gasteiger partial charge is 0.331 e. The third-order valence-electron chi connectivity index (χ3n) is 3.27. The summed E-state index contributed by atoms with van der Waals surface area (Å²) < 4.78 is 10.3. The van der Waals surface area contributed by atoms with Gasteiger partial charge >= 0.3 is 11.9 Å². The lowest BCUT2D eigenvalue weighted by Gasteiger charge is -2.17. The van der Waals surface area contributed by atoms with E-state index in [0.717, 1.165) is 5.56 Å². The number of esters is 2. The summed E-state index contributed by atoms with van der Waals surface area (Å²) in [5.41, 5.74) is 1.31. The number of carbonyl (C=O) groups excluding carboxylic acids is 2. The van der Waals surface area contributed by atoms with Gasteiger partial charge in [-0.25, -0.2) is 4.79 Å². The summed E-state index contributed by atoms with van der Waals surface area (Å²) in [6.07, 6.45) is 2.00. The number of aromatic hydroxyl groups is 2. The van der Waals surface area contributed by atoms with Crippen molar-refractivity contribution >= 4 is 18.0 Å². The van der Waals surface area contributed by atoms with Crippen LogP contribution in [-0.4, -0.2) is 28.8 Å². The highest BCUT2D eigenvalue weighted by Gasteiger charge is 2.17. The minimum atomic E-state index is -0.790. The number of phenolic OH excluding ortho intramolecular Hbond substituents is 2. The Bertz CT molecular complexity index is 746. The van der Waals surface area contributed by atoms with E-state index in [1.807, 2.05) is 0 Å². The van der Waals surface area contributed by atoms with Crippen molar-refractivity contribution in [2.45, 2.75) is 13.0 Å². The first-order chi connectivity index (χ1) is 11.9. The number of hydrogen-bond donors (Lipinski definition) is 2. The van der Waals surface area contributed by atoms with E-state index >= 15 is 0 Å². The van der Waals surface area contributed by atoms with Gasteiger partial charge in [0.2, 0.25) is 0 Å². The van der Waals surface area contributed by atoms with Crippen molar-refractivity contribution in [3.8, 4) is 11.5 Å². The van der Waals surface area contributed by atoms with Crippen LogP contribution in [0.25, 0.3) is 6.08 Å². The molecule has 130 valence electrons. The molecule has 6 heteroatoms. The van der Waals surface area contributed by atoms with Crippen molar-refractivity contribution in [3.63, 3.8) is 0 Å². The number of rotatable bonds is 6. The van der Waals surface area contributed by atoms with Gasteiger partial charge in [0.25, 0.3) is 0 Å². The number of carbonyl (C=O) groups is 2. The Labute approximate surface area is 144 Å². The van der Waals surface area contributed by atoms with Crippen LogP contribution in [-0.2, 0) is 19.1 Å². The maximum absolute atomic E-state index is 12.0. The molecule has 0 fully saturated rings. The lowest BCUT2D eigenvalue weighted by molar-refractivity contribution is -0.154. The Morgan fingerprint density at radius 2 is 1.56 bits per heavy atom. The van der Waals surface area contributed by atoms with Gasteiger partial charge in [-0.15, -0.1) is 0 Å². The lowest BCUT2D eigenvalue weighted by Crippen LogP contribution is -2.16. The maximum Gasteiger partial charge on any atom is 0.331 e. The Balaban J connectivity index is 2.06. The Kier molecular flexibility index (Phi) is 6.17. The molecule has 0 aliphatic rings. The molecule has 0 aliphatic heterocycles. The standard InChI is InChI=1S/C19H18O6/c1-13(20)24-12-18(15-5-9-17(22)10-6-15)25-19(23)11-4-14-2-7-16(21)8-3-14/h2-11,18,21-22H,12H2,1H3/b11-4+. The molecule has 0 spiro atoms. The molecule has 2 aromatic rings. The van der Waals surface area contributed by atoms with E-state index in [1.165, 1.54) is 37.3 Å². The molecule has 0 saturated heterocycles. The monoisotopic (exact) mass is 342 g/mol. The molecule has 0 bridgehead atoms. The summed E-state index contributed by atoms with van der Waals surface area (Å²) >= 11 is 0. The highest BCUT2D eigenvalue weighted by molar-refractivity contribution is 5.87. The first-order valence-electron chi connectivity index (χ1n) is 7.54. The molecule has 0 saturated carbocycles. The first kappa shape index (κ1) is 18.1. The van der Waals surface area contributed by atoms with Gasteiger partial charge in [-0.2, -0.15) is 0 Å². The van der Waals surface area contributed by atoms with Gasteiger partial charge in [-0.3, -0.25) is 4.79 Å². The van der Waals surface area contributed by atoms with E-state index in [2.05, 4.69) is 0 Å². The topological polar surface area (TPSA) is 93.1 Å². The van der Waals surface area contributed by atoms with Crippen molar-refractivity contribution in [1.82, 2.24) is 0 Å². The van der Waals surface area contributed by atoms with Crippen LogP contribution >= 0.6 is 0 Å². The highest BCUT2D eigenvalue weighted by Crippen LogP contribution is 2.21. The van der Waals surface area contributed by atoms with E-state index in [0.29, 0.717) is 5.56 Å². The maximum atomic E-state index is 12.0. The molecule has 0 heterocycles. The van der Waals surface area contributed by atoms with E-state index in [1.54, 1.807) is 30.3 Å². The normalized spacial score (nSPS) is 11.9. The summed E-state index contributed by atoms with van der Waals surface area (Å²) in [5, 5.41) is 18.6. The lowest BCUT2D eigenvalue weighted by atomic mass is 10.1. The van der Waals surface area contributed by atoms with Gasteiger partial charge in [0.15, 0.2) is 6.10 Å². The van der Waals surface area contributed by atoms with Gasteiger partial charge in [0, 0.05) is 13.0 Å². The molecule has 6 nitrogen and oxygen atoms in total. The minimum absolute atomic E-state index is 0.0774. The first-order valence-corrected chi connectivity index (χ1v) is 7.54. The van der Waals surface area contributed by atoms with Crippen LogP contribution in [0.3, 0.4) is 0 Å². The summed E-state index contributed by atoms with van der Waals surface area (Å²) in [6.45, 7) is 1.14. The predicted molar refractivity (Wildman–Crippen MR) is 90.7 cm³/mol. The Morgan fingerprint density at radius 3 is 2.12 bits per heavy atom. The van der Waals surface area contributed by atoms with Crippen LogP contribution < -0.4 is 0 Å². The van der Waals surface area contributed by atoms with Gasteiger partial charge in [-0.1, -0.05) is 24.3 Å². The van der Waals surface area contributed by atoms with Crippen LogP contribution in [0.15, 0.2) is 54.6 Å². The van der Waals surface area contributed by atoms with Crippen LogP contribution in [0.1, 0.15) is 24.2 Å². The molecule has 0 amide bonds. The molecule has 0 radical (unpaired) electrons. The summed E-state index contributed by atoms with van der Waals surface area (Å²) in [5.74, 6) is -0.889. The van der Waals surface area contributed by atoms with Gasteiger partial charge in [0.05, 0.1) is 0 Å². The molecule has 2 aromatic carbocycles. The number of ether oxygens (including phenoxy) is 2. The van der Waals surface area contributed by atoms with Crippen molar-refractivity contribution in [2.24, 2.45) is 0 Å². The zero-order valence-corrected chi connectivity index (χ0v) is 13.6. The van der Waals surface area contributed by atoms with Crippen LogP contribution in [0.2, 0.25) is 0 Å². The molecular weight excluding hydrogens is 324 g/mol. The zero-order chi connectivity index (χ0) is 18.2. The summed E-state index contributed by atoms with van der Waals surface area (Å²) in [7, 11) is 0. The largest absolute Gasteiger partial charge is 0.508 e. The van der Waals surface area contributed by atoms with Crippen LogP contribution in [0.4, 0.5) is 0 Å². The Morgan fingerprint density at radius 1 is 1.00 bits per heavy atom. The molecule has 25 heavy (non-hydrogen) atoms. The molecule has 1 unspecified atom stereocenters. The van der Waals surface area contributed by atoms with Crippen LogP contribution in [0.5, 0.6) is 11.5 Å². The molecule has 0 aliphatic carbocycles. The van der Waals surface area contributed by atoms with Crippen molar-refractivity contribution < 1.29 is 29.3 Å². The summed E-state index contributed by atoms with van der Waals surface area (Å²) in [4.78, 5) is 23.1. The molecular formula is C19H18O6. The number of benzene rings is 2. The predicted octanol–water partition coefficient (Wildman–Crippen LogP) is 2.96. The molecule has 2 N–H and O–H groups in total. The number of phenols is 2. The molecule has 2 rings (SSSR count). The second kappa shape index (κ2) is 8.54. The second-order valence-corrected chi connectivity index (χ2v) is 5.24. The van der Waals surface area contributed by atoms with Crippen molar-refractivity contribution in [1.29, 1.82) is 0 Å². The van der Waals surface area contributed by atoms with Crippen molar-refractivity contribution in [3.05, 3.63) is 65.7 Å². The minimum Gasteiger partial charge on any atom is -0.508 e. The van der Waals surface area contributed by atoms with E-state index < -0.39 is 18.0 Å². The van der Waals surface area contributed by atoms with Gasteiger partial charge in [-0.05, 0) is 41.5 Å². The van der Waals surface area contributed by atoms with Gasteiger partial charge in [0.1, 0.15) is 18.1 Å². The third-order valence-corrected chi connectivity index (χ3v) is 3.27. The SMILES string of the molecule is CC(=O)OCC(OC(=O)/C=C/c1ccc(O)cc1)c1ccc(O)cc1. The second-order valence-electron chi connectivity index (χ2n) is 5.24. The van der Waals surface area contributed by atoms with E-state index in [9.17, 15) is 19.8 Å². The fraction of sp³-hybridized carbons (Fsp3) is 0.158. The fourth-order valence-corrected chi connectivity index (χ4v) is 2.01.